The maximum absolute atomic E-state index is 7.18. The Morgan fingerprint density at radius 2 is 0.610 bits per heavy atom. The number of nitrogens with one attached hydrogen (secondary N) is 2. The molecule has 8 fully saturated rings. The van der Waals surface area contributed by atoms with Crippen molar-refractivity contribution in [3.63, 3.8) is 0 Å². The average Bonchev–Trinajstić information content (AvgIpc) is 0.766. The second-order valence-corrected chi connectivity index (χ2v) is 38.6. The van der Waals surface area contributed by atoms with Gasteiger partial charge in [0.1, 0.15) is 0 Å². The monoisotopic (exact) mass is 1430 g/mol. The first-order valence-electron chi connectivity index (χ1n) is 41.0. The highest BCUT2D eigenvalue weighted by molar-refractivity contribution is 6.28. The Hall–Kier alpha value is -2.52. The van der Waals surface area contributed by atoms with E-state index in [1.807, 2.05) is 0 Å². The van der Waals surface area contributed by atoms with Gasteiger partial charge in [0, 0.05) is 81.6 Å². The summed E-state index contributed by atoms with van der Waals surface area (Å²) in [5, 5.41) is 17.9. The van der Waals surface area contributed by atoms with Gasteiger partial charge >= 0.3 is 0 Å². The highest BCUT2D eigenvalue weighted by Gasteiger charge is 2.54. The highest BCUT2D eigenvalue weighted by atomic mass is 35.5. The van der Waals surface area contributed by atoms with E-state index < -0.39 is 0 Å². The van der Waals surface area contributed by atoms with Gasteiger partial charge in [0.15, 0.2) is 0 Å². The second kappa shape index (κ2) is 33.7. The number of hydrogen-bond acceptors (Lipinski definition) is 18. The van der Waals surface area contributed by atoms with E-state index in [9.17, 15) is 0 Å². The molecule has 0 amide bonds. The number of piperidine rings is 4. The molecule has 2 N–H and O–H groups in total. The summed E-state index contributed by atoms with van der Waals surface area (Å²) in [7, 11) is 0. The molecule has 100 heavy (non-hydrogen) atoms. The summed E-state index contributed by atoms with van der Waals surface area (Å²) in [6.07, 6.45) is 40.9. The zero-order valence-corrected chi connectivity index (χ0v) is 67.9. The first-order valence-corrected chi connectivity index (χ1v) is 41.7. The summed E-state index contributed by atoms with van der Waals surface area (Å²) < 4.78 is 0. The lowest BCUT2D eigenvalue weighted by Gasteiger charge is -2.56. The smallest absolute Gasteiger partial charge is 0.231 e. The first-order chi connectivity index (χ1) is 47.2. The number of hydroxylamine groups is 8. The van der Waals surface area contributed by atoms with Gasteiger partial charge in [-0.1, -0.05) is 117 Å². The Morgan fingerprint density at radius 3 is 0.860 bits per heavy atom. The molecule has 2 unspecified atom stereocenters. The molecule has 0 spiro atoms. The molecular weight excluding hydrogens is 1290 g/mol. The summed E-state index contributed by atoms with van der Waals surface area (Å²) in [6.45, 7) is 44.2. The van der Waals surface area contributed by atoms with Gasteiger partial charge < -0.3 is 20.4 Å². The lowest BCUT2D eigenvalue weighted by atomic mass is 9.71. The van der Waals surface area contributed by atoms with Crippen LogP contribution in [-0.4, -0.2) is 156 Å². The molecule has 6 heterocycles. The molecule has 20 heteroatoms. The van der Waals surface area contributed by atoms with Crippen LogP contribution in [0.5, 0.6) is 0 Å². The molecule has 0 aromatic carbocycles. The van der Waals surface area contributed by atoms with Crippen molar-refractivity contribution in [2.45, 2.75) is 449 Å². The Morgan fingerprint density at radius 1 is 0.360 bits per heavy atom. The van der Waals surface area contributed by atoms with Crippen molar-refractivity contribution < 1.29 is 19.4 Å². The van der Waals surface area contributed by atoms with Crippen molar-refractivity contribution in [1.29, 1.82) is 0 Å². The SMILES string of the molecule is CCCC(Nc1nc(Cl)nc(N(CCCCCCN(c2nc(Cl)nc(NC(CCC)C3CC(C)(C)N(OC4CCCCC4)C(C)(C)C3)n2)C2CC(C)(C)N(OC3CCCCC3)C(C)(C)C2)C2CC(C)(C)N(OC3CCCCC3)C(C)(C)C2)n1)C1CC(C)(C)N(OC2CCCCC2)C(C)(C)C1. The molecular formula is C80H142Cl2N14O4. The molecule has 4 saturated heterocycles. The van der Waals surface area contributed by atoms with E-state index in [4.69, 9.17) is 72.5 Å². The van der Waals surface area contributed by atoms with Crippen LogP contribution < -0.4 is 20.4 Å². The van der Waals surface area contributed by atoms with Crippen LogP contribution >= 0.6 is 23.2 Å². The largest absolute Gasteiger partial charge is 0.351 e. The number of rotatable bonds is 29. The number of halogens is 2. The van der Waals surface area contributed by atoms with Gasteiger partial charge in [0.05, 0.1) is 24.4 Å². The van der Waals surface area contributed by atoms with E-state index in [-0.39, 0.29) is 91.3 Å². The summed E-state index contributed by atoms with van der Waals surface area (Å²) >= 11 is 14.4. The van der Waals surface area contributed by atoms with Crippen LogP contribution in [0.15, 0.2) is 0 Å². The second-order valence-electron chi connectivity index (χ2n) is 37.9. The van der Waals surface area contributed by atoms with Crippen molar-refractivity contribution in [3.05, 3.63) is 10.6 Å². The van der Waals surface area contributed by atoms with Crippen LogP contribution in [0.2, 0.25) is 10.6 Å². The number of nitrogens with zero attached hydrogens (tertiary/aromatic N) is 12. The molecule has 8 aliphatic rings. The van der Waals surface area contributed by atoms with Crippen molar-refractivity contribution in [2.24, 2.45) is 11.8 Å². The Bertz CT molecular complexity index is 2610. The highest BCUT2D eigenvalue weighted by Crippen LogP contribution is 2.50. The predicted molar refractivity (Wildman–Crippen MR) is 411 cm³/mol. The number of unbranched alkanes of at least 4 members (excludes halogenated alkanes) is 3. The summed E-state index contributed by atoms with van der Waals surface area (Å²) in [5.74, 6) is 3.18. The Labute approximate surface area is 617 Å². The average molecular weight is 1440 g/mol. The van der Waals surface area contributed by atoms with Crippen LogP contribution in [0.1, 0.15) is 356 Å². The first kappa shape index (κ1) is 80.0. The Kier molecular flexibility index (Phi) is 27.0. The summed E-state index contributed by atoms with van der Waals surface area (Å²) in [4.78, 5) is 64.1. The molecule has 570 valence electrons. The number of aromatic nitrogens is 6. The van der Waals surface area contributed by atoms with Crippen LogP contribution in [0.3, 0.4) is 0 Å². The van der Waals surface area contributed by atoms with Crippen LogP contribution in [0.4, 0.5) is 23.8 Å². The van der Waals surface area contributed by atoms with Gasteiger partial charge in [-0.25, -0.2) is 0 Å². The van der Waals surface area contributed by atoms with Crippen LogP contribution in [0.25, 0.3) is 0 Å². The van der Waals surface area contributed by atoms with E-state index in [0.29, 0.717) is 47.8 Å². The third-order valence-electron chi connectivity index (χ3n) is 24.7. The molecule has 0 radical (unpaired) electrons. The Balaban J connectivity index is 0.889. The molecule has 2 atom stereocenters. The normalized spacial score (nSPS) is 26.3. The minimum Gasteiger partial charge on any atom is -0.351 e. The third-order valence-corrected chi connectivity index (χ3v) is 25.1. The van der Waals surface area contributed by atoms with Gasteiger partial charge in [0.25, 0.3) is 0 Å². The lowest BCUT2D eigenvalue weighted by Crippen LogP contribution is -2.65. The van der Waals surface area contributed by atoms with Crippen molar-refractivity contribution >= 4 is 47.0 Å². The topological polar surface area (TPSA) is 158 Å². The fraction of sp³-hybridized carbons (Fsp3) is 0.925. The summed E-state index contributed by atoms with van der Waals surface area (Å²) in [5.41, 5.74) is -1.66. The maximum Gasteiger partial charge on any atom is 0.231 e. The molecule has 4 aliphatic heterocycles. The number of anilines is 4. The maximum atomic E-state index is 7.18. The molecule has 4 aliphatic carbocycles. The lowest BCUT2D eigenvalue weighted by molar-refractivity contribution is -0.314. The molecule has 2 aromatic rings. The molecule has 4 saturated carbocycles. The minimum atomic E-state index is -0.259. The van der Waals surface area contributed by atoms with Crippen molar-refractivity contribution in [1.82, 2.24) is 50.2 Å². The predicted octanol–water partition coefficient (Wildman–Crippen LogP) is 20.0. The quantitative estimate of drug-likeness (QED) is 0.0741. The third kappa shape index (κ3) is 20.4. The van der Waals surface area contributed by atoms with Gasteiger partial charge in [0.2, 0.25) is 34.4 Å². The van der Waals surface area contributed by atoms with Crippen molar-refractivity contribution in [2.75, 3.05) is 33.5 Å². The van der Waals surface area contributed by atoms with E-state index in [0.717, 1.165) is 167 Å². The summed E-state index contributed by atoms with van der Waals surface area (Å²) in [6, 6.07) is 0.537. The van der Waals surface area contributed by atoms with Gasteiger partial charge in [-0.15, -0.1) is 0 Å². The van der Waals surface area contributed by atoms with Crippen LogP contribution in [-0.2, 0) is 19.4 Å². The minimum absolute atomic E-state index is 0.124. The van der Waals surface area contributed by atoms with E-state index in [1.165, 1.54) is 77.0 Å². The van der Waals surface area contributed by atoms with E-state index >= 15 is 0 Å². The molecule has 18 nitrogen and oxygen atoms in total. The molecule has 10 rings (SSSR count). The fourth-order valence-electron chi connectivity index (χ4n) is 21.2. The standard InChI is InChI=1S/C80H142Cl2N14O4/c1-19-37-65(57-49-73(3,4)93(74(5,6)50-57)97-61-39-27-23-28-40-61)83-69-85-67(81)87-71(89-69)91(59-53-77(11,12)95(78(13,14)54-59)99-63-43-31-25-32-44-63)47-35-21-22-36-48-92(60-55-79(15,16)96(80(17,18)56-60)100-64-45-33-26-34-46-64)72-88-68(82)86-70(90-72)84-66(38-20-2)58-51-75(7,8)94(76(9,10)52-58)98-62-41-29-24-30-42-62/h57-66H,19-56H2,1-18H3,(H,83,85,87,89)(H,84,86,88,90). The van der Waals surface area contributed by atoms with E-state index in [1.54, 1.807) is 0 Å². The zero-order valence-electron chi connectivity index (χ0n) is 66.4. The van der Waals surface area contributed by atoms with Crippen molar-refractivity contribution in [3.8, 4) is 0 Å². The zero-order chi connectivity index (χ0) is 72.1. The number of hydrogen-bond donors (Lipinski definition) is 2. The van der Waals surface area contributed by atoms with Crippen LogP contribution in [0, 0.1) is 11.8 Å². The van der Waals surface area contributed by atoms with Gasteiger partial charge in [-0.3, -0.25) is 19.4 Å². The van der Waals surface area contributed by atoms with E-state index in [2.05, 4.69) is 165 Å². The van der Waals surface area contributed by atoms with Gasteiger partial charge in [-0.05, 0) is 274 Å². The molecule has 0 bridgehead atoms. The fourth-order valence-corrected chi connectivity index (χ4v) is 21.5. The molecule has 2 aromatic heterocycles. The van der Waals surface area contributed by atoms with Gasteiger partial charge in [-0.2, -0.15) is 50.2 Å².